The van der Waals surface area contributed by atoms with Crippen molar-refractivity contribution in [1.29, 1.82) is 0 Å². The summed E-state index contributed by atoms with van der Waals surface area (Å²) in [7, 11) is 0. The first kappa shape index (κ1) is 15.3. The molecule has 4 rings (SSSR count). The number of hydrogen-bond acceptors (Lipinski definition) is 3. The Balaban J connectivity index is 0.00000144. The van der Waals surface area contributed by atoms with E-state index in [4.69, 9.17) is 4.52 Å². The van der Waals surface area contributed by atoms with Gasteiger partial charge in [0.05, 0.1) is 0 Å². The lowest BCUT2D eigenvalue weighted by atomic mass is 9.92. The van der Waals surface area contributed by atoms with Crippen molar-refractivity contribution in [2.75, 3.05) is 19.6 Å². The molecule has 3 atom stereocenters. The lowest BCUT2D eigenvalue weighted by Gasteiger charge is -2.18. The maximum atomic E-state index is 12.9. The number of piperidine rings is 1. The molecule has 3 unspecified atom stereocenters. The number of halogens is 2. The molecule has 0 amide bonds. The summed E-state index contributed by atoms with van der Waals surface area (Å²) >= 11 is 0. The van der Waals surface area contributed by atoms with Crippen LogP contribution in [0.1, 0.15) is 12.2 Å². The Morgan fingerprint density at radius 2 is 2.05 bits per heavy atom. The summed E-state index contributed by atoms with van der Waals surface area (Å²) in [4.78, 5) is 2.52. The van der Waals surface area contributed by atoms with Crippen LogP contribution in [-0.2, 0) is 0 Å². The minimum atomic E-state index is -0.242. The average Bonchev–Trinajstić information content (AvgIpc) is 3.22. The zero-order chi connectivity index (χ0) is 14.2. The predicted octanol–water partition coefficient (Wildman–Crippen LogP) is 3.87. The fourth-order valence-electron chi connectivity index (χ4n) is 3.39. The standard InChI is InChI=1S/C17H17FN2O.ClH/c18-15-4-1-12(2-5-15)17-9-16(21-19-17)6-3-13-10-20-8-7-14(13)11-20;/h1-6,9,13-14H,7-8,10-11H2;1H. The van der Waals surface area contributed by atoms with Crippen LogP contribution < -0.4 is 0 Å². The fourth-order valence-corrected chi connectivity index (χ4v) is 3.39. The van der Waals surface area contributed by atoms with E-state index in [1.165, 1.54) is 38.2 Å². The van der Waals surface area contributed by atoms with E-state index < -0.39 is 0 Å². The van der Waals surface area contributed by atoms with Crippen molar-refractivity contribution in [3.05, 3.63) is 48.0 Å². The molecule has 0 spiro atoms. The number of rotatable bonds is 3. The van der Waals surface area contributed by atoms with Crippen molar-refractivity contribution < 1.29 is 8.91 Å². The van der Waals surface area contributed by atoms with Gasteiger partial charge in [0, 0.05) is 24.7 Å². The topological polar surface area (TPSA) is 29.3 Å². The van der Waals surface area contributed by atoms with Gasteiger partial charge in [0.2, 0.25) is 0 Å². The summed E-state index contributed by atoms with van der Waals surface area (Å²) in [6, 6.07) is 8.19. The van der Waals surface area contributed by atoms with Crippen LogP contribution in [0.15, 0.2) is 40.9 Å². The van der Waals surface area contributed by atoms with Crippen LogP contribution in [-0.4, -0.2) is 29.7 Å². The van der Waals surface area contributed by atoms with Gasteiger partial charge in [-0.15, -0.1) is 12.4 Å². The maximum absolute atomic E-state index is 12.9. The van der Waals surface area contributed by atoms with Gasteiger partial charge in [0.1, 0.15) is 11.5 Å². The van der Waals surface area contributed by atoms with Crippen LogP contribution in [0.3, 0.4) is 0 Å². The summed E-state index contributed by atoms with van der Waals surface area (Å²) < 4.78 is 18.3. The fraction of sp³-hybridized carbons (Fsp3) is 0.353. The first-order valence-electron chi connectivity index (χ1n) is 7.41. The van der Waals surface area contributed by atoms with Crippen molar-refractivity contribution in [2.24, 2.45) is 11.8 Å². The Kier molecular flexibility index (Phi) is 4.32. The smallest absolute Gasteiger partial charge is 0.159 e. The molecule has 2 saturated heterocycles. The van der Waals surface area contributed by atoms with Crippen LogP contribution in [0.25, 0.3) is 17.3 Å². The molecule has 2 bridgehead atoms. The maximum Gasteiger partial charge on any atom is 0.159 e. The lowest BCUT2D eigenvalue weighted by molar-refractivity contribution is 0.334. The molecule has 1 aromatic heterocycles. The minimum Gasteiger partial charge on any atom is -0.356 e. The highest BCUT2D eigenvalue weighted by atomic mass is 35.5. The molecular formula is C17H18ClFN2O. The Morgan fingerprint density at radius 1 is 1.23 bits per heavy atom. The molecule has 0 N–H and O–H groups in total. The quantitative estimate of drug-likeness (QED) is 0.859. The first-order valence-corrected chi connectivity index (χ1v) is 7.41. The molecule has 2 fully saturated rings. The molecule has 3 heterocycles. The number of nitrogens with zero attached hydrogens (tertiary/aromatic N) is 2. The Bertz CT molecular complexity index is 668. The Morgan fingerprint density at radius 3 is 2.73 bits per heavy atom. The van der Waals surface area contributed by atoms with Gasteiger partial charge in [-0.2, -0.15) is 0 Å². The summed E-state index contributed by atoms with van der Waals surface area (Å²) in [6.45, 7) is 3.67. The van der Waals surface area contributed by atoms with Gasteiger partial charge >= 0.3 is 0 Å². The van der Waals surface area contributed by atoms with Gasteiger partial charge in [-0.05, 0) is 55.1 Å². The molecule has 1 aromatic carbocycles. The van der Waals surface area contributed by atoms with Crippen molar-refractivity contribution in [2.45, 2.75) is 6.42 Å². The number of aromatic nitrogens is 1. The predicted molar refractivity (Wildman–Crippen MR) is 86.2 cm³/mol. The van der Waals surface area contributed by atoms with Crippen LogP contribution in [0.5, 0.6) is 0 Å². The third-order valence-electron chi connectivity index (χ3n) is 4.56. The highest BCUT2D eigenvalue weighted by Crippen LogP contribution is 2.34. The summed E-state index contributed by atoms with van der Waals surface area (Å²) in [5.74, 6) is 1.96. The SMILES string of the molecule is Cl.Fc1ccc(-c2cc(C=CC3CN4CCC3C4)on2)cc1. The van der Waals surface area contributed by atoms with E-state index in [1.54, 1.807) is 12.1 Å². The third-order valence-corrected chi connectivity index (χ3v) is 4.56. The van der Waals surface area contributed by atoms with E-state index in [1.807, 2.05) is 12.1 Å². The second-order valence-electron chi connectivity index (χ2n) is 5.95. The Hall–Kier alpha value is -1.65. The molecule has 22 heavy (non-hydrogen) atoms. The highest BCUT2D eigenvalue weighted by Gasteiger charge is 2.36. The second kappa shape index (κ2) is 6.23. The molecule has 2 aliphatic heterocycles. The monoisotopic (exact) mass is 320 g/mol. The van der Waals surface area contributed by atoms with Crippen molar-refractivity contribution >= 4 is 18.5 Å². The van der Waals surface area contributed by atoms with Crippen molar-refractivity contribution in [3.8, 4) is 11.3 Å². The molecule has 116 valence electrons. The van der Waals surface area contributed by atoms with Gasteiger partial charge < -0.3 is 9.42 Å². The van der Waals surface area contributed by atoms with Crippen LogP contribution in [0, 0.1) is 17.7 Å². The second-order valence-corrected chi connectivity index (χ2v) is 5.95. The van der Waals surface area contributed by atoms with E-state index in [-0.39, 0.29) is 18.2 Å². The van der Waals surface area contributed by atoms with E-state index in [0.717, 1.165) is 22.9 Å². The number of fused-ring (bicyclic) bond motifs is 2. The van der Waals surface area contributed by atoms with E-state index in [0.29, 0.717) is 5.92 Å². The highest BCUT2D eigenvalue weighted by molar-refractivity contribution is 5.85. The zero-order valence-electron chi connectivity index (χ0n) is 12.1. The molecule has 3 nitrogen and oxygen atoms in total. The largest absolute Gasteiger partial charge is 0.356 e. The molecule has 0 radical (unpaired) electrons. The van der Waals surface area contributed by atoms with E-state index in [9.17, 15) is 4.39 Å². The van der Waals surface area contributed by atoms with Gasteiger partial charge in [-0.25, -0.2) is 4.39 Å². The molecule has 2 aliphatic rings. The minimum absolute atomic E-state index is 0. The summed E-state index contributed by atoms with van der Waals surface area (Å²) in [6.07, 6.45) is 5.58. The van der Waals surface area contributed by atoms with Crippen LogP contribution in [0.2, 0.25) is 0 Å². The summed E-state index contributed by atoms with van der Waals surface area (Å²) in [5, 5.41) is 4.05. The molecule has 0 aliphatic carbocycles. The zero-order valence-corrected chi connectivity index (χ0v) is 12.9. The third kappa shape index (κ3) is 2.94. The van der Waals surface area contributed by atoms with Gasteiger partial charge in [0.15, 0.2) is 5.76 Å². The van der Waals surface area contributed by atoms with Crippen molar-refractivity contribution in [1.82, 2.24) is 10.1 Å². The average molecular weight is 321 g/mol. The van der Waals surface area contributed by atoms with E-state index >= 15 is 0 Å². The van der Waals surface area contributed by atoms with Crippen LogP contribution in [0.4, 0.5) is 4.39 Å². The van der Waals surface area contributed by atoms with Gasteiger partial charge in [-0.1, -0.05) is 11.2 Å². The Labute approximate surface area is 135 Å². The van der Waals surface area contributed by atoms with Crippen LogP contribution >= 0.6 is 12.4 Å². The summed E-state index contributed by atoms with van der Waals surface area (Å²) in [5.41, 5.74) is 1.61. The molecular weight excluding hydrogens is 303 g/mol. The van der Waals surface area contributed by atoms with E-state index in [2.05, 4.69) is 16.1 Å². The van der Waals surface area contributed by atoms with Gasteiger partial charge in [-0.3, -0.25) is 0 Å². The van der Waals surface area contributed by atoms with Gasteiger partial charge in [0.25, 0.3) is 0 Å². The normalized spacial score (nSPS) is 26.5. The molecule has 2 aromatic rings. The first-order chi connectivity index (χ1) is 10.3. The molecule has 5 heteroatoms. The molecule has 0 saturated carbocycles. The lowest BCUT2D eigenvalue weighted by Crippen LogP contribution is -2.21. The number of benzene rings is 1. The number of hydrogen-bond donors (Lipinski definition) is 0. The van der Waals surface area contributed by atoms with Crippen molar-refractivity contribution in [3.63, 3.8) is 0 Å².